The van der Waals surface area contributed by atoms with Crippen molar-refractivity contribution in [3.05, 3.63) is 23.8 Å². The molecule has 4 rings (SSSR count). The van der Waals surface area contributed by atoms with Gasteiger partial charge in [-0.2, -0.15) is 0 Å². The molecule has 3 fully saturated rings. The highest BCUT2D eigenvalue weighted by Gasteiger charge is 2.68. The summed E-state index contributed by atoms with van der Waals surface area (Å²) in [7, 11) is 1.32. The third-order valence-electron chi connectivity index (χ3n) is 12.0. The third kappa shape index (κ3) is 4.87. The first-order valence-electron chi connectivity index (χ1n) is 15.3. The Morgan fingerprint density at radius 1 is 1.21 bits per heavy atom. The standard InChI is InChI=1S/C33H52O9/c1-18(2)22-15-25(35)32(8)23-11-10-21(20-14-27(42-19(3)34)33(39,41-17-20)29(4,5)38)30(23,6)13-12-24(32)31(22,7)26(36)16-28(37)40-9/h11,20-22,24-27,35-36,38-39H,1,10,12-17H2,2-9H3. The summed E-state index contributed by atoms with van der Waals surface area (Å²) >= 11 is 0. The van der Waals surface area contributed by atoms with E-state index in [9.17, 15) is 30.0 Å². The third-order valence-corrected chi connectivity index (χ3v) is 12.0. The molecule has 0 aromatic rings. The molecule has 0 radical (unpaired) electrons. The van der Waals surface area contributed by atoms with E-state index in [0.29, 0.717) is 12.8 Å². The highest BCUT2D eigenvalue weighted by Crippen LogP contribution is 2.71. The van der Waals surface area contributed by atoms with Crippen molar-refractivity contribution in [3.63, 3.8) is 0 Å². The lowest BCUT2D eigenvalue weighted by Crippen LogP contribution is -2.65. The Hall–Kier alpha value is -1.78. The summed E-state index contributed by atoms with van der Waals surface area (Å²) < 4.78 is 16.4. The van der Waals surface area contributed by atoms with Crippen LogP contribution in [0.2, 0.25) is 0 Å². The van der Waals surface area contributed by atoms with Crippen LogP contribution in [0.1, 0.15) is 87.0 Å². The van der Waals surface area contributed by atoms with Crippen molar-refractivity contribution >= 4 is 11.9 Å². The van der Waals surface area contributed by atoms with Gasteiger partial charge in [-0.25, -0.2) is 0 Å². The smallest absolute Gasteiger partial charge is 0.308 e. The van der Waals surface area contributed by atoms with Gasteiger partial charge in [0.1, 0.15) is 5.60 Å². The molecule has 11 unspecified atom stereocenters. The van der Waals surface area contributed by atoms with E-state index < -0.39 is 52.5 Å². The van der Waals surface area contributed by atoms with Crippen LogP contribution in [0.5, 0.6) is 0 Å². The van der Waals surface area contributed by atoms with E-state index in [2.05, 4.69) is 26.5 Å². The van der Waals surface area contributed by atoms with E-state index in [-0.39, 0.29) is 42.1 Å². The summed E-state index contributed by atoms with van der Waals surface area (Å²) in [5.74, 6) is -3.35. The molecular weight excluding hydrogens is 540 g/mol. The first kappa shape index (κ1) is 33.1. The van der Waals surface area contributed by atoms with E-state index in [0.717, 1.165) is 30.4 Å². The second kappa shape index (κ2) is 11.0. The summed E-state index contributed by atoms with van der Waals surface area (Å²) in [5.41, 5.74) is -1.30. The van der Waals surface area contributed by atoms with Crippen molar-refractivity contribution in [3.8, 4) is 0 Å². The Kier molecular flexibility index (Phi) is 8.66. The zero-order valence-electron chi connectivity index (χ0n) is 26.6. The lowest BCUT2D eigenvalue weighted by molar-refractivity contribution is -0.354. The van der Waals surface area contributed by atoms with Crippen LogP contribution in [0.3, 0.4) is 0 Å². The number of hydrogen-bond acceptors (Lipinski definition) is 9. The molecule has 4 aliphatic rings. The van der Waals surface area contributed by atoms with Crippen LogP contribution < -0.4 is 0 Å². The van der Waals surface area contributed by atoms with E-state index in [1.54, 1.807) is 0 Å². The maximum atomic E-state index is 12.3. The number of fused-ring (bicyclic) bond motifs is 3. The number of ether oxygens (including phenoxy) is 3. The average Bonchev–Trinajstić information content (AvgIpc) is 3.24. The van der Waals surface area contributed by atoms with Crippen LogP contribution in [0.25, 0.3) is 0 Å². The molecule has 0 spiro atoms. The Bertz CT molecular complexity index is 1130. The average molecular weight is 593 g/mol. The van der Waals surface area contributed by atoms with Crippen LogP contribution in [-0.4, -0.2) is 75.8 Å². The number of carbonyl (C=O) groups excluding carboxylic acids is 2. The molecule has 1 saturated heterocycles. The minimum Gasteiger partial charge on any atom is -0.469 e. The molecule has 9 nitrogen and oxygen atoms in total. The van der Waals surface area contributed by atoms with Gasteiger partial charge in [0, 0.05) is 17.8 Å². The second-order valence-electron chi connectivity index (χ2n) is 14.7. The number of allylic oxidation sites excluding steroid dienone is 2. The molecule has 2 saturated carbocycles. The largest absolute Gasteiger partial charge is 0.469 e. The van der Waals surface area contributed by atoms with Crippen molar-refractivity contribution in [2.75, 3.05) is 13.7 Å². The van der Waals surface area contributed by atoms with Gasteiger partial charge in [0.15, 0.2) is 6.10 Å². The first-order chi connectivity index (χ1) is 19.3. The van der Waals surface area contributed by atoms with Gasteiger partial charge < -0.3 is 34.6 Å². The molecule has 1 aliphatic heterocycles. The minimum atomic E-state index is -2.04. The van der Waals surface area contributed by atoms with E-state index in [4.69, 9.17) is 14.2 Å². The number of aliphatic hydroxyl groups excluding tert-OH is 2. The predicted molar refractivity (Wildman–Crippen MR) is 156 cm³/mol. The first-order valence-corrected chi connectivity index (χ1v) is 15.3. The fourth-order valence-corrected chi connectivity index (χ4v) is 9.74. The fraction of sp³-hybridized carbons (Fsp3) is 0.818. The number of hydrogen-bond donors (Lipinski definition) is 4. The van der Waals surface area contributed by atoms with Crippen molar-refractivity contribution in [1.29, 1.82) is 0 Å². The Morgan fingerprint density at radius 3 is 2.40 bits per heavy atom. The lowest BCUT2D eigenvalue weighted by atomic mass is 9.40. The summed E-state index contributed by atoms with van der Waals surface area (Å²) in [6.07, 6.45) is 2.44. The number of aliphatic hydroxyl groups is 4. The topological polar surface area (TPSA) is 143 Å². The van der Waals surface area contributed by atoms with Crippen LogP contribution in [0, 0.1) is 39.9 Å². The molecule has 42 heavy (non-hydrogen) atoms. The molecule has 11 atom stereocenters. The van der Waals surface area contributed by atoms with Crippen molar-refractivity contribution in [2.24, 2.45) is 39.9 Å². The Balaban J connectivity index is 1.68. The van der Waals surface area contributed by atoms with Gasteiger partial charge in [-0.15, -0.1) is 0 Å². The predicted octanol–water partition coefficient (Wildman–Crippen LogP) is 3.67. The Morgan fingerprint density at radius 2 is 1.86 bits per heavy atom. The van der Waals surface area contributed by atoms with Gasteiger partial charge in [0.2, 0.25) is 5.79 Å². The zero-order valence-corrected chi connectivity index (χ0v) is 26.6. The highest BCUT2D eigenvalue weighted by atomic mass is 16.7. The monoisotopic (exact) mass is 592 g/mol. The molecule has 0 bridgehead atoms. The van der Waals surface area contributed by atoms with E-state index in [1.165, 1.54) is 27.9 Å². The summed E-state index contributed by atoms with van der Waals surface area (Å²) in [6.45, 7) is 16.9. The SMILES string of the molecule is C=C(C)C1CC(O)C2(C)C3=CCC(C4COC(O)(C(C)(C)O)C(OC(C)=O)C4)C3(C)CCC2C1(C)C(O)CC(=O)OC. The van der Waals surface area contributed by atoms with Gasteiger partial charge in [-0.05, 0) is 82.0 Å². The molecule has 0 amide bonds. The van der Waals surface area contributed by atoms with Gasteiger partial charge in [0.25, 0.3) is 0 Å². The quantitative estimate of drug-likeness (QED) is 0.257. The molecule has 1 heterocycles. The number of rotatable bonds is 7. The molecular formula is C33H52O9. The highest BCUT2D eigenvalue weighted by molar-refractivity contribution is 5.70. The van der Waals surface area contributed by atoms with Gasteiger partial charge in [0.05, 0.1) is 32.3 Å². The molecule has 0 aromatic carbocycles. The van der Waals surface area contributed by atoms with Gasteiger partial charge >= 0.3 is 11.9 Å². The maximum absolute atomic E-state index is 12.3. The lowest BCUT2D eigenvalue weighted by Gasteiger charge is -2.65. The van der Waals surface area contributed by atoms with E-state index in [1.807, 2.05) is 13.8 Å². The van der Waals surface area contributed by atoms with Crippen LogP contribution in [0.15, 0.2) is 23.8 Å². The molecule has 9 heteroatoms. The maximum Gasteiger partial charge on any atom is 0.308 e. The van der Waals surface area contributed by atoms with Crippen molar-refractivity contribution in [1.82, 2.24) is 0 Å². The summed E-state index contributed by atoms with van der Waals surface area (Å²) in [4.78, 5) is 24.3. The van der Waals surface area contributed by atoms with Crippen molar-refractivity contribution < 1.29 is 44.2 Å². The summed E-state index contributed by atoms with van der Waals surface area (Å²) in [6, 6.07) is 0. The van der Waals surface area contributed by atoms with Crippen LogP contribution in [-0.2, 0) is 23.8 Å². The zero-order chi connectivity index (χ0) is 31.6. The van der Waals surface area contributed by atoms with Gasteiger partial charge in [-0.3, -0.25) is 9.59 Å². The molecule has 4 N–H and O–H groups in total. The number of carbonyl (C=O) groups is 2. The number of methoxy groups -OCH3 is 1. The molecule has 0 aromatic heterocycles. The van der Waals surface area contributed by atoms with Crippen LogP contribution >= 0.6 is 0 Å². The number of esters is 2. The van der Waals surface area contributed by atoms with Crippen molar-refractivity contribution in [2.45, 2.75) is 117 Å². The normalized spacial score (nSPS) is 44.3. The minimum absolute atomic E-state index is 0.0731. The molecule has 238 valence electrons. The molecule has 3 aliphatic carbocycles. The van der Waals surface area contributed by atoms with Crippen LogP contribution in [0.4, 0.5) is 0 Å². The summed E-state index contributed by atoms with van der Waals surface area (Å²) in [5, 5.41) is 45.5. The fourth-order valence-electron chi connectivity index (χ4n) is 9.74. The second-order valence-corrected chi connectivity index (χ2v) is 14.7. The van der Waals surface area contributed by atoms with Gasteiger partial charge in [-0.1, -0.05) is 44.6 Å². The van der Waals surface area contributed by atoms with E-state index >= 15 is 0 Å². The Labute approximate surface area is 250 Å².